The predicted octanol–water partition coefficient (Wildman–Crippen LogP) is 0.996. The molecule has 0 aromatic carbocycles. The number of rotatable bonds is 0. The van der Waals surface area contributed by atoms with Crippen LogP contribution in [0.25, 0.3) is 0 Å². The number of halogens is 1. The van der Waals surface area contributed by atoms with E-state index >= 15 is 0 Å². The lowest BCUT2D eigenvalue weighted by Crippen LogP contribution is -1.40. The van der Waals surface area contributed by atoms with Gasteiger partial charge in [-0.3, -0.25) is 0 Å². The Morgan fingerprint density at radius 1 is 2.00 bits per heavy atom. The maximum Gasteiger partial charge on any atom is 0.146 e. The third-order valence-corrected chi connectivity index (χ3v) is 0. The van der Waals surface area contributed by atoms with Crippen molar-refractivity contribution in [3.8, 4) is 0 Å². The second kappa shape index (κ2) is 2.46. The van der Waals surface area contributed by atoms with Crippen molar-refractivity contribution in [3.05, 3.63) is 0 Å². The monoisotopic (exact) mass is 186 g/mol. The first-order chi connectivity index (χ1) is 1.73. The number of hydrogen-bond acceptors (Lipinski definition) is 0. The van der Waals surface area contributed by atoms with Crippen LogP contribution in [0.15, 0.2) is 0 Å². The predicted molar refractivity (Wildman–Crippen MR) is 35.4 cm³/mol. The van der Waals surface area contributed by atoms with Crippen LogP contribution in [0.1, 0.15) is 0 Å². The standard InChI is InChI=1S/CH5BIP/c1-4(2)3/h2H2,1H3. The molecule has 0 spiro atoms. The molecule has 0 saturated heterocycles. The van der Waals surface area contributed by atoms with Gasteiger partial charge in [-0.15, -0.1) is 0 Å². The van der Waals surface area contributed by atoms with Crippen molar-refractivity contribution < 1.29 is 0 Å². The molecule has 3 heteroatoms. The van der Waals surface area contributed by atoms with E-state index in [4.69, 9.17) is 0 Å². The Morgan fingerprint density at radius 2 is 2.00 bits per heavy atom. The van der Waals surface area contributed by atoms with E-state index in [-0.39, 0.29) is 0 Å². The van der Waals surface area contributed by atoms with Crippen LogP contribution >= 0.6 is 27.5 Å². The Bertz CT molecular complexity index is 12.8. The molecule has 1 unspecified atom stereocenters. The van der Waals surface area contributed by atoms with E-state index in [1.54, 1.807) is 0 Å². The molecule has 0 heterocycles. The fraction of sp³-hybridized carbons (Fsp3) is 1.00. The van der Waals surface area contributed by atoms with Gasteiger partial charge in [-0.25, -0.2) is 0 Å². The Balaban J connectivity index is 2.32. The molecule has 0 rings (SSSR count). The Morgan fingerprint density at radius 3 is 2.00 bits per heavy atom. The highest BCUT2D eigenvalue weighted by atomic mass is 127. The largest absolute Gasteiger partial charge is 0.146 e. The fourth-order valence-corrected chi connectivity index (χ4v) is 0. The minimum atomic E-state index is 0.350. The molecule has 4 heavy (non-hydrogen) atoms. The van der Waals surface area contributed by atoms with Crippen molar-refractivity contribution in [2.45, 2.75) is 0 Å². The highest BCUT2D eigenvalue weighted by Gasteiger charge is 1.70. The average Bonchev–Trinajstić information content (AvgIpc) is 0.811. The molecular formula is CH5BIP. The molecule has 0 aromatic rings. The van der Waals surface area contributed by atoms with Crippen molar-refractivity contribution in [1.82, 2.24) is 0 Å². The van der Waals surface area contributed by atoms with Gasteiger partial charge in [-0.05, 0) is 6.66 Å². The molecule has 0 amide bonds. The molecule has 0 nitrogen and oxygen atoms in total. The van der Waals surface area contributed by atoms with Crippen LogP contribution in [0.4, 0.5) is 0 Å². The summed E-state index contributed by atoms with van der Waals surface area (Å²) in [6, 6.07) is 0. The van der Waals surface area contributed by atoms with E-state index in [2.05, 4.69) is 36.3 Å². The highest BCUT2D eigenvalue weighted by Crippen LogP contribution is 2.32. The summed E-state index contributed by atoms with van der Waals surface area (Å²) >= 11 is 2.41. The fourth-order valence-electron chi connectivity index (χ4n) is 0. The van der Waals surface area contributed by atoms with E-state index in [0.29, 0.717) is 5.44 Å². The van der Waals surface area contributed by atoms with Crippen molar-refractivity contribution in [2.24, 2.45) is 0 Å². The summed E-state index contributed by atoms with van der Waals surface area (Å²) < 4.78 is 0. The van der Waals surface area contributed by atoms with Crippen LogP contribution in [-0.4, -0.2) is 14.2 Å². The third-order valence-electron chi connectivity index (χ3n) is 0. The zero-order chi connectivity index (χ0) is 3.58. The molecule has 0 radical (unpaired) electrons. The normalized spacial score (nSPS) is 15.5. The van der Waals surface area contributed by atoms with Crippen LogP contribution in [0.3, 0.4) is 0 Å². The van der Waals surface area contributed by atoms with Gasteiger partial charge in [0.15, 0.2) is 0 Å². The Hall–Kier alpha value is 1.22. The molecule has 0 aliphatic heterocycles. The summed E-state index contributed by atoms with van der Waals surface area (Å²) in [5, 5.41) is 0. The first-order valence-corrected chi connectivity index (χ1v) is 6.08. The van der Waals surface area contributed by atoms with Gasteiger partial charge in [0.1, 0.15) is 7.57 Å². The van der Waals surface area contributed by atoms with Gasteiger partial charge >= 0.3 is 0 Å². The first-order valence-electron chi connectivity index (χ1n) is 1.06. The van der Waals surface area contributed by atoms with Crippen molar-refractivity contribution >= 4 is 35.0 Å². The number of hydrogen-bond donors (Lipinski definition) is 0. The van der Waals surface area contributed by atoms with Crippen LogP contribution in [-0.2, 0) is 0 Å². The Kier molecular flexibility index (Phi) is 3.22. The zero-order valence-electron chi connectivity index (χ0n) is 2.83. The Labute approximate surface area is 42.0 Å². The second-order valence-corrected chi connectivity index (χ2v) is 8.15. The summed E-state index contributed by atoms with van der Waals surface area (Å²) in [4.78, 5) is 0. The minimum Gasteiger partial charge on any atom is -0.0880 e. The summed E-state index contributed by atoms with van der Waals surface area (Å²) in [5.74, 6) is 0. The van der Waals surface area contributed by atoms with Crippen LogP contribution < -0.4 is 0 Å². The summed E-state index contributed by atoms with van der Waals surface area (Å²) in [5.41, 5.74) is 0.350. The van der Waals surface area contributed by atoms with E-state index in [0.717, 1.165) is 0 Å². The van der Waals surface area contributed by atoms with Gasteiger partial charge in [0.05, 0.1) is 0 Å². The SMILES string of the molecule is BP(C)I. The smallest absolute Gasteiger partial charge is 0.0880 e. The van der Waals surface area contributed by atoms with Gasteiger partial charge in [0, 0.05) is 0 Å². The molecule has 1 atom stereocenters. The third kappa shape index (κ3) is 10.6. The topological polar surface area (TPSA) is 0 Å². The lowest BCUT2D eigenvalue weighted by molar-refractivity contribution is 2.50. The molecule has 0 aromatic heterocycles. The molecule has 0 saturated carbocycles. The van der Waals surface area contributed by atoms with Gasteiger partial charge in [-0.1, -0.05) is 27.5 Å². The quantitative estimate of drug-likeness (QED) is 0.300. The molecule has 0 N–H and O–H groups in total. The summed E-state index contributed by atoms with van der Waals surface area (Å²) in [6.07, 6.45) is 0. The second-order valence-electron chi connectivity index (χ2n) is 0.785. The van der Waals surface area contributed by atoms with Gasteiger partial charge in [-0.2, -0.15) is 0 Å². The van der Waals surface area contributed by atoms with E-state index < -0.39 is 0 Å². The average molecular weight is 186 g/mol. The van der Waals surface area contributed by atoms with E-state index in [9.17, 15) is 0 Å². The minimum absolute atomic E-state index is 0.350. The van der Waals surface area contributed by atoms with Gasteiger partial charge in [0.2, 0.25) is 0 Å². The summed E-state index contributed by atoms with van der Waals surface area (Å²) in [6.45, 7) is 2.22. The lowest BCUT2D eigenvalue weighted by Gasteiger charge is -1.77. The lowest BCUT2D eigenvalue weighted by atomic mass is 10.8. The molecule has 0 fully saturated rings. The van der Waals surface area contributed by atoms with Crippen LogP contribution in [0.5, 0.6) is 0 Å². The summed E-state index contributed by atoms with van der Waals surface area (Å²) in [7, 11) is 2.22. The zero-order valence-corrected chi connectivity index (χ0v) is 5.88. The van der Waals surface area contributed by atoms with Gasteiger partial charge in [0.25, 0.3) is 0 Å². The molecule has 0 aliphatic carbocycles. The molecule has 24 valence electrons. The maximum atomic E-state index is 2.41. The molecule has 0 bridgehead atoms. The molecule has 0 aliphatic rings. The van der Waals surface area contributed by atoms with Crippen molar-refractivity contribution in [2.75, 3.05) is 6.66 Å². The van der Waals surface area contributed by atoms with Gasteiger partial charge < -0.3 is 0 Å². The first kappa shape index (κ1) is 5.22. The van der Waals surface area contributed by atoms with Crippen LogP contribution in [0, 0.1) is 0 Å². The van der Waals surface area contributed by atoms with Crippen LogP contribution in [0.2, 0.25) is 0 Å². The van der Waals surface area contributed by atoms with Crippen molar-refractivity contribution in [1.29, 1.82) is 0 Å². The highest BCUT2D eigenvalue weighted by molar-refractivity contribution is 14.2. The maximum absolute atomic E-state index is 2.41. The van der Waals surface area contributed by atoms with E-state index in [1.807, 2.05) is 0 Å². The van der Waals surface area contributed by atoms with E-state index in [1.165, 1.54) is 0 Å². The van der Waals surface area contributed by atoms with Crippen molar-refractivity contribution in [3.63, 3.8) is 0 Å². The molecular weight excluding hydrogens is 181 g/mol.